The highest BCUT2D eigenvalue weighted by molar-refractivity contribution is 5.67. The second-order valence-electron chi connectivity index (χ2n) is 3.10. The second-order valence-corrected chi connectivity index (χ2v) is 3.10. The Balaban J connectivity index is 2.71. The fourth-order valence-corrected chi connectivity index (χ4v) is 2.66. The van der Waals surface area contributed by atoms with Crippen molar-refractivity contribution in [2.45, 2.75) is 0 Å². The maximum absolute atomic E-state index is 1.35. The molecule has 0 heterocycles. The van der Waals surface area contributed by atoms with E-state index in [4.69, 9.17) is 0 Å². The minimum Gasteiger partial charge on any atom is -0.0275 e. The van der Waals surface area contributed by atoms with Gasteiger partial charge in [-0.2, -0.15) is 0 Å². The molecule has 0 aromatic heterocycles. The third-order valence-electron chi connectivity index (χ3n) is 3.42. The zero-order chi connectivity index (χ0) is 2.81. The molecular weight excluding hydrogens is 60.1 g/mol. The molecule has 0 N–H and O–H groups in total. The fraction of sp³-hybridized carbons (Fsp3) is 1.00. The summed E-state index contributed by atoms with van der Waals surface area (Å²) < 4.78 is 0. The van der Waals surface area contributed by atoms with Crippen LogP contribution >= 0.6 is 0 Å². The normalized spacial score (nSPS) is 125. The Morgan fingerprint density at radius 2 is 1.00 bits per heavy atom. The van der Waals surface area contributed by atoms with Gasteiger partial charge in [0, 0.05) is 0 Å². The van der Waals surface area contributed by atoms with Crippen molar-refractivity contribution < 1.29 is 0 Å². The molecule has 0 radical (unpaired) electrons. The number of hydrogen-bond donors (Lipinski definition) is 0. The molecule has 0 nitrogen and oxygen atoms in total. The van der Waals surface area contributed by atoms with Gasteiger partial charge in [-0.05, 0) is 29.1 Å². The third-order valence-corrected chi connectivity index (χ3v) is 3.42. The van der Waals surface area contributed by atoms with Gasteiger partial charge in [-0.1, -0.05) is 0 Å². The van der Waals surface area contributed by atoms with Gasteiger partial charge in [0.2, 0.25) is 0 Å². The first kappa shape index (κ1) is 1.25. The number of fused-ring (bicyclic) bond motifs is 4. The van der Waals surface area contributed by atoms with Crippen LogP contribution in [-0.2, 0) is 0 Å². The Morgan fingerprint density at radius 3 is 1.00 bits per heavy atom. The lowest BCUT2D eigenvalue weighted by atomic mass is 10.0. The third kappa shape index (κ3) is 0.0156. The molecule has 4 fully saturated rings. The SMILES string of the molecule is C12C3C4C1C234. The van der Waals surface area contributed by atoms with E-state index in [1.54, 1.807) is 0 Å². The van der Waals surface area contributed by atoms with Crippen LogP contribution in [0.5, 0.6) is 0 Å². The molecule has 24 valence electrons. The van der Waals surface area contributed by atoms with Crippen LogP contribution in [-0.4, -0.2) is 0 Å². The van der Waals surface area contributed by atoms with Crippen molar-refractivity contribution in [1.82, 2.24) is 0 Å². The molecule has 4 aliphatic rings. The van der Waals surface area contributed by atoms with Gasteiger partial charge in [-0.25, -0.2) is 0 Å². The number of hydrogen-bond acceptors (Lipinski definition) is 0. The van der Waals surface area contributed by atoms with E-state index in [0.717, 1.165) is 0 Å². The zero-order valence-electron chi connectivity index (χ0n) is 2.81. The molecular formula is C5H4. The van der Waals surface area contributed by atoms with Crippen LogP contribution in [0.3, 0.4) is 0 Å². The minimum absolute atomic E-state index is 1.17. The molecule has 0 atom stereocenters. The predicted molar refractivity (Wildman–Crippen MR) is 16.4 cm³/mol. The van der Waals surface area contributed by atoms with Gasteiger partial charge >= 0.3 is 0 Å². The molecule has 0 bridgehead atoms. The molecule has 4 aliphatic carbocycles. The molecule has 0 amide bonds. The lowest BCUT2D eigenvalue weighted by Gasteiger charge is -2.03. The van der Waals surface area contributed by atoms with Crippen LogP contribution in [0.25, 0.3) is 0 Å². The zero-order valence-corrected chi connectivity index (χ0v) is 2.81. The summed E-state index contributed by atoms with van der Waals surface area (Å²) in [6.45, 7) is 0. The van der Waals surface area contributed by atoms with Crippen LogP contribution < -0.4 is 0 Å². The van der Waals surface area contributed by atoms with Crippen molar-refractivity contribution in [3.05, 3.63) is 0 Å². The maximum Gasteiger partial charge on any atom is -0.0161 e. The first-order valence-corrected chi connectivity index (χ1v) is 2.49. The van der Waals surface area contributed by atoms with Gasteiger partial charge in [0.05, 0.1) is 0 Å². The van der Waals surface area contributed by atoms with Crippen molar-refractivity contribution in [3.63, 3.8) is 0 Å². The van der Waals surface area contributed by atoms with Gasteiger partial charge in [0.25, 0.3) is 0 Å². The monoisotopic (exact) mass is 64.0 g/mol. The molecule has 4 saturated carbocycles. The lowest BCUT2D eigenvalue weighted by molar-refractivity contribution is 0.434. The van der Waals surface area contributed by atoms with E-state index in [9.17, 15) is 0 Å². The second kappa shape index (κ2) is 0.111. The van der Waals surface area contributed by atoms with Crippen LogP contribution in [0.1, 0.15) is 0 Å². The van der Waals surface area contributed by atoms with Crippen molar-refractivity contribution in [2.24, 2.45) is 29.1 Å². The van der Waals surface area contributed by atoms with E-state index in [1.807, 2.05) is 0 Å². The molecule has 0 aliphatic heterocycles. The Morgan fingerprint density at radius 1 is 0.800 bits per heavy atom. The Hall–Kier alpha value is 0. The molecule has 0 unspecified atom stereocenters. The van der Waals surface area contributed by atoms with Crippen LogP contribution in [0.15, 0.2) is 0 Å². The van der Waals surface area contributed by atoms with Crippen LogP contribution in [0.4, 0.5) is 0 Å². The molecule has 0 heteroatoms. The fourth-order valence-electron chi connectivity index (χ4n) is 2.66. The molecule has 0 aromatic carbocycles. The number of rotatable bonds is 0. The largest absolute Gasteiger partial charge is 0.0275 e. The molecule has 0 aromatic rings. The summed E-state index contributed by atoms with van der Waals surface area (Å²) in [5.41, 5.74) is 1.17. The Bertz CT molecular complexity index is 103. The van der Waals surface area contributed by atoms with E-state index < -0.39 is 0 Å². The van der Waals surface area contributed by atoms with Gasteiger partial charge in [0.1, 0.15) is 0 Å². The maximum atomic E-state index is 1.35. The van der Waals surface area contributed by atoms with Crippen LogP contribution in [0.2, 0.25) is 0 Å². The highest BCUT2D eigenvalue weighted by Crippen LogP contribution is 3.24. The predicted octanol–water partition coefficient (Wildman–Crippen LogP) is 0.492. The summed E-state index contributed by atoms with van der Waals surface area (Å²) in [6.07, 6.45) is 0. The lowest BCUT2D eigenvalue weighted by Crippen LogP contribution is -2.00. The molecule has 0 saturated heterocycles. The molecule has 4 rings (SSSR count). The summed E-state index contributed by atoms with van der Waals surface area (Å²) in [7, 11) is 0. The van der Waals surface area contributed by atoms with E-state index in [0.29, 0.717) is 0 Å². The highest BCUT2D eigenvalue weighted by Gasteiger charge is 3.21. The van der Waals surface area contributed by atoms with E-state index in [2.05, 4.69) is 0 Å². The average Bonchev–Trinajstić information content (AvgIpc) is 1.26. The van der Waals surface area contributed by atoms with Gasteiger partial charge in [-0.3, -0.25) is 0 Å². The van der Waals surface area contributed by atoms with E-state index in [-0.39, 0.29) is 0 Å². The van der Waals surface area contributed by atoms with Crippen molar-refractivity contribution in [2.75, 3.05) is 0 Å². The summed E-state index contributed by atoms with van der Waals surface area (Å²) in [5.74, 6) is 5.42. The van der Waals surface area contributed by atoms with Crippen molar-refractivity contribution >= 4 is 0 Å². The topological polar surface area (TPSA) is 0 Å². The first-order chi connectivity index (χ1) is 2.49. The molecule has 5 heavy (non-hydrogen) atoms. The standard InChI is InChI=1S/C5H4/c1-2-4-3(1)5(1,2)4/h1-4H. The van der Waals surface area contributed by atoms with Gasteiger partial charge in [0.15, 0.2) is 0 Å². The van der Waals surface area contributed by atoms with Crippen molar-refractivity contribution in [3.8, 4) is 0 Å². The molecule has 1 spiro atoms. The minimum atomic E-state index is 1.17. The average molecular weight is 64.1 g/mol. The first-order valence-electron chi connectivity index (χ1n) is 2.49. The van der Waals surface area contributed by atoms with E-state index >= 15 is 0 Å². The summed E-state index contributed by atoms with van der Waals surface area (Å²) in [5, 5.41) is 0. The Labute approximate surface area is 30.2 Å². The van der Waals surface area contributed by atoms with Gasteiger partial charge < -0.3 is 0 Å². The quantitative estimate of drug-likeness (QED) is 0.384. The highest BCUT2D eigenvalue weighted by atomic mass is 15.2. The summed E-state index contributed by atoms with van der Waals surface area (Å²) in [6, 6.07) is 0. The van der Waals surface area contributed by atoms with E-state index in [1.165, 1.54) is 29.1 Å². The smallest absolute Gasteiger partial charge is 0.0161 e. The van der Waals surface area contributed by atoms with Gasteiger partial charge in [-0.15, -0.1) is 0 Å². The van der Waals surface area contributed by atoms with Crippen molar-refractivity contribution in [1.29, 1.82) is 0 Å². The summed E-state index contributed by atoms with van der Waals surface area (Å²) >= 11 is 0. The Kier molecular flexibility index (Phi) is 0.0278. The summed E-state index contributed by atoms with van der Waals surface area (Å²) in [4.78, 5) is 0. The van der Waals surface area contributed by atoms with Crippen LogP contribution in [0, 0.1) is 29.1 Å².